The maximum Gasteiger partial charge on any atom is 0.159 e. The van der Waals surface area contributed by atoms with E-state index < -0.39 is 0 Å². The Morgan fingerprint density at radius 1 is 0.321 bits per heavy atom. The van der Waals surface area contributed by atoms with Crippen LogP contribution in [0.3, 0.4) is 0 Å². The SMILES string of the molecule is CCc1ccccc1-c1cccc2c1oc1c(N(c3cccc(C(C)C)c3)c3ccc4ccc5c(N(c6cccc(C(C)C)c6)c6cccc7c6oc6c(-c8ccccc8CC)cccc67)ccc6ccc3c4c65)cccc12. The van der Waals surface area contributed by atoms with Crippen LogP contribution in [0, 0.1) is 0 Å². The number of furan rings is 2. The summed E-state index contributed by atoms with van der Waals surface area (Å²) >= 11 is 0. The van der Waals surface area contributed by atoms with Crippen molar-refractivity contribution in [1.29, 1.82) is 0 Å². The number of nitrogens with zero attached hydrogens (tertiary/aromatic N) is 2. The summed E-state index contributed by atoms with van der Waals surface area (Å²) < 4.78 is 14.6. The smallest absolute Gasteiger partial charge is 0.159 e. The fourth-order valence-corrected chi connectivity index (χ4v) is 12.6. The number of anilines is 6. The lowest BCUT2D eigenvalue weighted by atomic mass is 9.91. The van der Waals surface area contributed by atoms with Crippen molar-refractivity contribution in [2.45, 2.75) is 66.2 Å². The molecule has 0 spiro atoms. The van der Waals surface area contributed by atoms with E-state index in [-0.39, 0.29) is 0 Å². The Kier molecular flexibility index (Phi) is 11.4. The molecule has 4 nitrogen and oxygen atoms in total. The van der Waals surface area contributed by atoms with E-state index in [1.165, 1.54) is 54.9 Å². The molecule has 2 aromatic heterocycles. The van der Waals surface area contributed by atoms with Crippen LogP contribution in [0.1, 0.15) is 75.6 Å². The Hall–Kier alpha value is -9.12. The summed E-state index contributed by atoms with van der Waals surface area (Å²) in [7, 11) is 0. The number of rotatable bonds is 12. The van der Waals surface area contributed by atoms with Crippen molar-refractivity contribution in [3.8, 4) is 22.3 Å². The first kappa shape index (κ1) is 47.3. The minimum atomic E-state index is 0.337. The van der Waals surface area contributed by atoms with Crippen molar-refractivity contribution in [3.05, 3.63) is 241 Å². The van der Waals surface area contributed by atoms with Gasteiger partial charge in [-0.2, -0.15) is 0 Å². The van der Waals surface area contributed by atoms with E-state index >= 15 is 0 Å². The molecular formula is C74H60N2O2. The van der Waals surface area contributed by atoms with Crippen molar-refractivity contribution in [2.75, 3.05) is 9.80 Å². The molecule has 78 heavy (non-hydrogen) atoms. The molecule has 378 valence electrons. The topological polar surface area (TPSA) is 32.8 Å². The minimum Gasteiger partial charge on any atom is -0.453 e. The first-order valence-corrected chi connectivity index (χ1v) is 27.8. The number of fused-ring (bicyclic) bond motifs is 6. The van der Waals surface area contributed by atoms with E-state index in [4.69, 9.17) is 8.83 Å². The summed E-state index contributed by atoms with van der Waals surface area (Å²) in [6, 6.07) is 80.6. The van der Waals surface area contributed by atoms with Crippen LogP contribution in [-0.2, 0) is 12.8 Å². The molecule has 0 amide bonds. The van der Waals surface area contributed by atoms with Gasteiger partial charge in [0, 0.05) is 54.8 Å². The monoisotopic (exact) mass is 1010 g/mol. The largest absolute Gasteiger partial charge is 0.453 e. The summed E-state index contributed by atoms with van der Waals surface area (Å²) in [5.41, 5.74) is 19.7. The van der Waals surface area contributed by atoms with Gasteiger partial charge in [-0.15, -0.1) is 0 Å². The maximum absolute atomic E-state index is 7.28. The standard InChI is InChI=1S/C74H60N2O2/c1-7-47-19-9-11-25-55(47)57-27-15-29-59-61-31-17-33-67(73(61)77-71(57)59)75(53-23-13-21-51(43-53)45(3)4)65-41-37-49-36-40-64-66(42-38-50-35-39-63(65)69(49)70(50)64)76(54-24-14-22-52(44-54)46(5)6)68-34-18-32-62-60-30-16-28-58(72(60)78-74(62)68)56-26-12-10-20-48(56)8-2/h9-46H,7-8H2,1-6H3. The van der Waals surface area contributed by atoms with E-state index in [2.05, 4.69) is 270 Å². The second-order valence-corrected chi connectivity index (χ2v) is 21.7. The zero-order valence-electron chi connectivity index (χ0n) is 45.1. The second-order valence-electron chi connectivity index (χ2n) is 21.7. The third-order valence-corrected chi connectivity index (χ3v) is 16.6. The third-order valence-electron chi connectivity index (χ3n) is 16.6. The van der Waals surface area contributed by atoms with E-state index in [1.807, 2.05) is 0 Å². The summed E-state index contributed by atoms with van der Waals surface area (Å²) in [6.45, 7) is 13.5. The van der Waals surface area contributed by atoms with Crippen LogP contribution in [0.15, 0.2) is 227 Å². The number of para-hydroxylation sites is 4. The van der Waals surface area contributed by atoms with Gasteiger partial charge in [-0.3, -0.25) is 0 Å². The fraction of sp³-hybridized carbons (Fsp3) is 0.135. The molecule has 0 fully saturated rings. The average Bonchev–Trinajstić information content (AvgIpc) is 4.23. The summed E-state index contributed by atoms with van der Waals surface area (Å²) in [6.07, 6.45) is 1.87. The van der Waals surface area contributed by atoms with Crippen molar-refractivity contribution in [1.82, 2.24) is 0 Å². The predicted molar refractivity (Wildman–Crippen MR) is 332 cm³/mol. The molecule has 14 rings (SSSR count). The van der Waals surface area contributed by atoms with Crippen LogP contribution < -0.4 is 9.80 Å². The highest BCUT2D eigenvalue weighted by molar-refractivity contribution is 6.29. The first-order chi connectivity index (χ1) is 38.3. The van der Waals surface area contributed by atoms with Gasteiger partial charge >= 0.3 is 0 Å². The molecule has 0 aliphatic heterocycles. The Morgan fingerprint density at radius 3 is 1.12 bits per heavy atom. The normalized spacial score (nSPS) is 12.1. The lowest BCUT2D eigenvalue weighted by molar-refractivity contribution is 0.669. The van der Waals surface area contributed by atoms with Crippen molar-refractivity contribution < 1.29 is 8.83 Å². The average molecular weight is 1010 g/mol. The van der Waals surface area contributed by atoms with Gasteiger partial charge in [-0.1, -0.05) is 211 Å². The molecule has 0 N–H and O–H groups in total. The lowest BCUT2D eigenvalue weighted by Crippen LogP contribution is -2.12. The summed E-state index contributed by atoms with van der Waals surface area (Å²) in [5, 5.41) is 11.6. The third kappa shape index (κ3) is 7.49. The highest BCUT2D eigenvalue weighted by Crippen LogP contribution is 2.52. The molecule has 4 heteroatoms. The zero-order chi connectivity index (χ0) is 52.8. The Bertz CT molecular complexity index is 4330. The van der Waals surface area contributed by atoms with Crippen LogP contribution in [0.5, 0.6) is 0 Å². The fourth-order valence-electron chi connectivity index (χ4n) is 12.6. The van der Waals surface area contributed by atoms with Gasteiger partial charge in [0.05, 0.1) is 22.7 Å². The highest BCUT2D eigenvalue weighted by atomic mass is 16.3. The lowest BCUT2D eigenvalue weighted by Gasteiger charge is -2.30. The van der Waals surface area contributed by atoms with E-state index in [1.54, 1.807) is 0 Å². The predicted octanol–water partition coefficient (Wildman–Crippen LogP) is 22.0. The van der Waals surface area contributed by atoms with Gasteiger partial charge in [0.1, 0.15) is 11.2 Å². The van der Waals surface area contributed by atoms with Crippen molar-refractivity contribution in [2.24, 2.45) is 0 Å². The molecule has 0 radical (unpaired) electrons. The van der Waals surface area contributed by atoms with Crippen LogP contribution >= 0.6 is 0 Å². The maximum atomic E-state index is 7.28. The van der Waals surface area contributed by atoms with E-state index in [9.17, 15) is 0 Å². The van der Waals surface area contributed by atoms with Gasteiger partial charge in [-0.25, -0.2) is 0 Å². The Balaban J connectivity index is 1.01. The molecule has 14 aromatic rings. The molecular weight excluding hydrogens is 949 g/mol. The first-order valence-electron chi connectivity index (χ1n) is 27.8. The number of benzene rings is 12. The van der Waals surface area contributed by atoms with Crippen molar-refractivity contribution >= 4 is 110 Å². The second kappa shape index (κ2) is 18.9. The van der Waals surface area contributed by atoms with Gasteiger partial charge < -0.3 is 18.6 Å². The molecule has 0 saturated heterocycles. The molecule has 0 unspecified atom stereocenters. The molecule has 0 bridgehead atoms. The number of aryl methyl sites for hydroxylation is 2. The van der Waals surface area contributed by atoms with E-state index in [0.717, 1.165) is 113 Å². The zero-order valence-corrected chi connectivity index (χ0v) is 45.1. The van der Waals surface area contributed by atoms with Gasteiger partial charge in [0.2, 0.25) is 0 Å². The van der Waals surface area contributed by atoms with E-state index in [0.29, 0.717) is 11.8 Å². The quantitative estimate of drug-likeness (QED) is 0.114. The van der Waals surface area contributed by atoms with Crippen LogP contribution in [0.25, 0.3) is 98.4 Å². The van der Waals surface area contributed by atoms with Gasteiger partial charge in [0.25, 0.3) is 0 Å². The molecule has 2 heterocycles. The minimum absolute atomic E-state index is 0.337. The van der Waals surface area contributed by atoms with Crippen molar-refractivity contribution in [3.63, 3.8) is 0 Å². The molecule has 0 saturated carbocycles. The van der Waals surface area contributed by atoms with Crippen LogP contribution in [0.4, 0.5) is 34.1 Å². The summed E-state index contributed by atoms with van der Waals surface area (Å²) in [4.78, 5) is 4.89. The highest BCUT2D eigenvalue weighted by Gasteiger charge is 2.27. The molecule has 0 aliphatic carbocycles. The summed E-state index contributed by atoms with van der Waals surface area (Å²) in [5.74, 6) is 0.674. The molecule has 0 atom stereocenters. The molecule has 0 aliphatic rings. The Labute approximate surface area is 455 Å². The van der Waals surface area contributed by atoms with Gasteiger partial charge in [0.15, 0.2) is 11.2 Å². The van der Waals surface area contributed by atoms with Crippen LogP contribution in [0.2, 0.25) is 0 Å². The van der Waals surface area contributed by atoms with Crippen LogP contribution in [-0.4, -0.2) is 0 Å². The Morgan fingerprint density at radius 2 is 0.692 bits per heavy atom. The number of hydrogen-bond donors (Lipinski definition) is 0. The molecule has 12 aromatic carbocycles. The van der Waals surface area contributed by atoms with Gasteiger partial charge in [-0.05, 0) is 128 Å². The number of hydrogen-bond acceptors (Lipinski definition) is 4.